The van der Waals surface area contributed by atoms with Crippen LogP contribution >= 0.6 is 0 Å². The Balaban J connectivity index is 0.000000239. The van der Waals surface area contributed by atoms with Crippen LogP contribution in [0.1, 0.15) is 69.5 Å². The summed E-state index contributed by atoms with van der Waals surface area (Å²) in [6.45, 7) is 19.9. The number of hydrogen-bond acceptors (Lipinski definition) is 6. The van der Waals surface area contributed by atoms with E-state index in [1.165, 1.54) is 17.0 Å². The van der Waals surface area contributed by atoms with Crippen molar-refractivity contribution in [2.24, 2.45) is 10.8 Å². The van der Waals surface area contributed by atoms with Gasteiger partial charge in [0.1, 0.15) is 19.1 Å². The quantitative estimate of drug-likeness (QED) is 0.0971. The number of hydrogen-bond donors (Lipinski definition) is 0. The molecule has 9 heteroatoms. The molecule has 0 bridgehead atoms. The molecule has 6 nitrogen and oxygen atoms in total. The van der Waals surface area contributed by atoms with Crippen LogP contribution in [0.2, 0.25) is 39.3 Å². The van der Waals surface area contributed by atoms with Crippen molar-refractivity contribution in [2.75, 3.05) is 0 Å². The van der Waals surface area contributed by atoms with E-state index in [1.807, 2.05) is 24.3 Å². The second-order valence-corrected chi connectivity index (χ2v) is 29.6. The maximum atomic E-state index is 9.74. The van der Waals surface area contributed by atoms with Crippen molar-refractivity contribution in [1.29, 1.82) is 0 Å². The molecule has 305 valence electrons. The maximum absolute atomic E-state index is 9.74. The zero-order valence-corrected chi connectivity index (χ0v) is 40.2. The first-order valence-corrected chi connectivity index (χ1v) is 27.2. The van der Waals surface area contributed by atoms with E-state index in [2.05, 4.69) is 153 Å². The van der Waals surface area contributed by atoms with Gasteiger partial charge in [-0.05, 0) is 93.3 Å². The topological polar surface area (TPSA) is 77.6 Å². The summed E-state index contributed by atoms with van der Waals surface area (Å²) in [5.74, 6) is -1.06. The summed E-state index contributed by atoms with van der Waals surface area (Å²) in [5, 5.41) is 7.73. The van der Waals surface area contributed by atoms with Gasteiger partial charge in [0.25, 0.3) is 0 Å². The van der Waals surface area contributed by atoms with E-state index in [-0.39, 0.29) is 36.5 Å². The van der Waals surface area contributed by atoms with Crippen molar-refractivity contribution in [3.05, 3.63) is 115 Å². The van der Waals surface area contributed by atoms with Gasteiger partial charge in [-0.25, -0.2) is 11.1 Å². The van der Waals surface area contributed by atoms with Crippen LogP contribution in [0.4, 0.5) is 0 Å². The zero-order chi connectivity index (χ0) is 44.6. The number of benzene rings is 4. The van der Waals surface area contributed by atoms with Gasteiger partial charge in [0.2, 0.25) is 0 Å². The van der Waals surface area contributed by atoms with Gasteiger partial charge in [-0.1, -0.05) is 138 Å². The van der Waals surface area contributed by atoms with Crippen molar-refractivity contribution in [3.8, 4) is 22.6 Å². The molecule has 0 saturated heterocycles. The minimum absolute atomic E-state index is 0. The van der Waals surface area contributed by atoms with Gasteiger partial charge >= 0.3 is 0 Å². The van der Waals surface area contributed by atoms with Crippen molar-refractivity contribution in [1.82, 2.24) is 24.9 Å². The Kier molecular flexibility index (Phi) is 10.1. The number of aromatic nitrogens is 5. The molecule has 1 saturated carbocycles. The Labute approximate surface area is 370 Å². The Bertz CT molecular complexity index is 2940. The minimum atomic E-state index is -2.38. The van der Waals surface area contributed by atoms with Gasteiger partial charge in [-0.2, -0.15) is 0 Å². The van der Waals surface area contributed by atoms with Crippen LogP contribution in [0.15, 0.2) is 95.9 Å². The molecule has 0 atom stereocenters. The van der Waals surface area contributed by atoms with Gasteiger partial charge in [0, 0.05) is 42.5 Å². The van der Waals surface area contributed by atoms with E-state index in [0.717, 1.165) is 55.7 Å². The SMILES string of the molecule is C[Si](C)(C)c1cc(-c2[c-]cnc([Si](C)(C)C)n2)ncn1.[2H]C([2H])([2H])c1cnc(-c2[c-]ccc3c2oc2cc4c(ccc5ccccc54)cc23)cc1C1([2H])CC(C)(C)CC(C)(C)C1.[Ir]. The summed E-state index contributed by atoms with van der Waals surface area (Å²) in [7, 11) is -2.97. The first-order chi connectivity index (χ1) is 28.9. The summed E-state index contributed by atoms with van der Waals surface area (Å²) in [6, 6.07) is 31.1. The van der Waals surface area contributed by atoms with Gasteiger partial charge < -0.3 is 14.4 Å². The van der Waals surface area contributed by atoms with Crippen LogP contribution in [-0.4, -0.2) is 41.1 Å². The average molecular weight is 994 g/mol. The third-order valence-corrected chi connectivity index (χ3v) is 14.5. The molecule has 0 N–H and O–H groups in total. The second-order valence-electron chi connectivity index (χ2n) is 19.6. The number of nitrogens with zero attached hydrogens (tertiary/aromatic N) is 5. The molecule has 9 rings (SSSR count). The number of rotatable bonds is 5. The summed E-state index contributed by atoms with van der Waals surface area (Å²) < 4.78 is 41.2. The van der Waals surface area contributed by atoms with E-state index < -0.39 is 28.9 Å². The summed E-state index contributed by atoms with van der Waals surface area (Å²) in [5.41, 5.74) is 5.75. The molecule has 1 aliphatic carbocycles. The Hall–Kier alpha value is -4.41. The Morgan fingerprint density at radius 1 is 0.746 bits per heavy atom. The molecule has 0 spiro atoms. The monoisotopic (exact) mass is 994 g/mol. The predicted octanol–water partition coefficient (Wildman–Crippen LogP) is 12.2. The summed E-state index contributed by atoms with van der Waals surface area (Å²) >= 11 is 0. The van der Waals surface area contributed by atoms with Crippen molar-refractivity contribution in [2.45, 2.75) is 99.0 Å². The van der Waals surface area contributed by atoms with Gasteiger partial charge in [-0.3, -0.25) is 9.97 Å². The normalized spacial score (nSPS) is 17.3. The number of aryl methyl sites for hydroxylation is 1. The van der Waals surface area contributed by atoms with E-state index >= 15 is 0 Å². The largest absolute Gasteiger partial charge is 0.501 e. The van der Waals surface area contributed by atoms with Gasteiger partial charge in [0.05, 0.1) is 20.0 Å². The molecule has 4 aromatic heterocycles. The minimum Gasteiger partial charge on any atom is -0.501 e. The fraction of sp³-hybridized carbons (Fsp3) is 0.340. The molecule has 59 heavy (non-hydrogen) atoms. The third kappa shape index (κ3) is 8.90. The predicted molar refractivity (Wildman–Crippen MR) is 248 cm³/mol. The smallest absolute Gasteiger partial charge is 0.125 e. The first kappa shape index (κ1) is 37.6. The van der Waals surface area contributed by atoms with Gasteiger partial charge in [-0.15, -0.1) is 24.3 Å². The summed E-state index contributed by atoms with van der Waals surface area (Å²) in [4.78, 5) is 22.4. The van der Waals surface area contributed by atoms with E-state index in [0.29, 0.717) is 35.2 Å². The molecule has 4 aromatic carbocycles. The molecule has 0 aliphatic heterocycles. The van der Waals surface area contributed by atoms with Gasteiger partial charge in [0.15, 0.2) is 0 Å². The molecule has 0 amide bonds. The average Bonchev–Trinajstić information content (AvgIpc) is 3.55. The van der Waals surface area contributed by atoms with Crippen molar-refractivity contribution < 1.29 is 30.0 Å². The molecular formula is C50H55IrN5OSi2-2. The third-order valence-electron chi connectivity index (χ3n) is 11.1. The molecule has 8 aromatic rings. The van der Waals surface area contributed by atoms with E-state index in [1.54, 1.807) is 12.5 Å². The number of pyridine rings is 1. The number of furan rings is 1. The fourth-order valence-electron chi connectivity index (χ4n) is 8.86. The van der Waals surface area contributed by atoms with Crippen LogP contribution in [0.25, 0.3) is 66.1 Å². The maximum Gasteiger partial charge on any atom is 0.125 e. The molecule has 1 radical (unpaired) electrons. The fourth-order valence-corrected chi connectivity index (χ4v) is 10.8. The van der Waals surface area contributed by atoms with Crippen LogP contribution in [-0.2, 0) is 20.1 Å². The zero-order valence-electron chi connectivity index (χ0n) is 39.8. The van der Waals surface area contributed by atoms with Crippen LogP contribution in [0, 0.1) is 29.8 Å². The molecule has 0 unspecified atom stereocenters. The molecule has 1 fully saturated rings. The standard InChI is InChI=1S/C36H34NO.C14H21N4Si2.Ir/c1-22-20-37-32(16-29(22)25-18-35(2,3)21-36(4,5)19-25)28-12-8-11-27-31-15-24-14-13-23-9-6-7-10-26(23)30(24)17-33(31)38-34(27)28;1-19(2,3)13-9-12(16-10-17-13)11-7-8-15-14(18-11)20(4,5)6;/h6-11,13-17,20,25H,18-19,21H2,1-5H3;8-10H,1-6H3;/q2*-1;/i1D3,25D;;. The van der Waals surface area contributed by atoms with E-state index in [4.69, 9.17) is 8.53 Å². The van der Waals surface area contributed by atoms with Crippen LogP contribution < -0.4 is 10.8 Å². The number of fused-ring (bicyclic) bond motifs is 6. The first-order valence-electron chi connectivity index (χ1n) is 22.2. The van der Waals surface area contributed by atoms with Crippen LogP contribution in [0.3, 0.4) is 0 Å². The Morgan fingerprint density at radius 3 is 2.22 bits per heavy atom. The summed E-state index contributed by atoms with van der Waals surface area (Å²) in [6.07, 6.45) is 6.94. The van der Waals surface area contributed by atoms with Crippen molar-refractivity contribution in [3.63, 3.8) is 0 Å². The second kappa shape index (κ2) is 15.9. The Morgan fingerprint density at radius 2 is 1.49 bits per heavy atom. The molecule has 1 aliphatic rings. The van der Waals surface area contributed by atoms with Crippen LogP contribution in [0.5, 0.6) is 0 Å². The van der Waals surface area contributed by atoms with Crippen molar-refractivity contribution >= 4 is 70.4 Å². The molecular weight excluding hydrogens is 935 g/mol. The molecule has 4 heterocycles. The van der Waals surface area contributed by atoms with E-state index in [9.17, 15) is 1.37 Å².